The van der Waals surface area contributed by atoms with Crippen molar-refractivity contribution >= 4 is 64.2 Å². The van der Waals surface area contributed by atoms with Gasteiger partial charge >= 0.3 is 17.9 Å². The summed E-state index contributed by atoms with van der Waals surface area (Å²) in [5.74, 6) is -0.737. The maximum Gasteiger partial charge on any atom is 0.339 e. The number of aromatic amines is 2. The van der Waals surface area contributed by atoms with Crippen LogP contribution in [0.5, 0.6) is 0 Å². The smallest absolute Gasteiger partial charge is 0.339 e. The van der Waals surface area contributed by atoms with E-state index in [-0.39, 0.29) is 17.0 Å². The quantitative estimate of drug-likeness (QED) is 0.0161. The molecule has 10 aromatic rings. The largest absolute Gasteiger partial charge is 0.439 e. The molecule has 2 heterocycles. The third kappa shape index (κ3) is 20.5. The molecule has 2 aromatic heterocycles. The molecule has 4 aliphatic rings. The SMILES string of the molecule is C/C=C1\C2C=C(C)CC1(N)c1ccc(=O)[nH]c1C2.C/C=C1\C2C=C(C)CC1(NC(OC(=O)c1ccccc1)c1ccccc1)c1ccc(=O)[nH]c1C2.O=C(Cl)c1ccccc1.O=C(OC(Cl)c1ccccc1)c1ccccc1.O=C(OC(Cl)c1ccccc1)c1ccccc1.O=Cc1ccccc1. The van der Waals surface area contributed by atoms with E-state index in [0.717, 1.165) is 70.3 Å². The Balaban J connectivity index is 0.000000154. The summed E-state index contributed by atoms with van der Waals surface area (Å²) in [6, 6.07) is 79.6. The van der Waals surface area contributed by atoms with Crippen molar-refractivity contribution in [1.82, 2.24) is 15.3 Å². The molecule has 0 amide bonds. The Morgan fingerprint density at radius 3 is 1.20 bits per heavy atom. The van der Waals surface area contributed by atoms with Crippen molar-refractivity contribution in [3.63, 3.8) is 0 Å². The zero-order valence-electron chi connectivity index (χ0n) is 57.3. The number of carbonyl (C=O) groups is 5. The van der Waals surface area contributed by atoms with Crippen LogP contribution in [-0.2, 0) is 38.1 Å². The number of rotatable bonds is 13. The van der Waals surface area contributed by atoms with Gasteiger partial charge in [-0.3, -0.25) is 24.5 Å². The van der Waals surface area contributed by atoms with Crippen molar-refractivity contribution < 1.29 is 38.2 Å². The second kappa shape index (κ2) is 37.2. The van der Waals surface area contributed by atoms with Gasteiger partial charge in [-0.15, -0.1) is 0 Å². The third-order valence-electron chi connectivity index (χ3n) is 17.5. The summed E-state index contributed by atoms with van der Waals surface area (Å²) < 4.78 is 16.4. The Labute approximate surface area is 614 Å². The third-order valence-corrected chi connectivity index (χ3v) is 18.4. The van der Waals surface area contributed by atoms with E-state index in [1.165, 1.54) is 22.3 Å². The minimum Gasteiger partial charge on any atom is -0.439 e. The number of alkyl halides is 2. The van der Waals surface area contributed by atoms with E-state index >= 15 is 0 Å². The summed E-state index contributed by atoms with van der Waals surface area (Å²) in [4.78, 5) is 86.6. The molecule has 5 N–H and O–H groups in total. The molecule has 17 heteroatoms. The standard InChI is InChI=1S/C29H28N2O3.C15H18N2O.2C14H11ClO2.C7H5ClO.C7H6O/c1-3-23-22-16-19(2)18-29(23,24-14-15-26(32)30-25(24)17-22)31-27(20-10-6-4-7-11-20)34-28(33)21-12-8-5-9-13-21;1-3-11-10-6-9(2)8-15(11,16)12-4-5-14(18)17-13(12)7-10;2*15-13(11-7-3-1-4-8-11)17-14(16)12-9-5-2-6-10-12;8-7(9)6-4-2-1-3-5-6;8-6-7-4-2-1-3-5-7/h3-16,22,27,31H,17-18H2,1-2H3,(H,30,32);3-6,10H,7-8,16H2,1-2H3,(H,17,18);2*1-10,13H;1-5H;1-6H/b23-3+;11-3+;;;;. The number of benzene rings is 8. The lowest BCUT2D eigenvalue weighted by molar-refractivity contribution is 0.0102. The summed E-state index contributed by atoms with van der Waals surface area (Å²) in [6.45, 7) is 8.38. The second-order valence-electron chi connectivity index (χ2n) is 24.7. The lowest BCUT2D eigenvalue weighted by Gasteiger charge is -2.49. The van der Waals surface area contributed by atoms with E-state index in [1.807, 2.05) is 158 Å². The van der Waals surface area contributed by atoms with E-state index < -0.39 is 51.6 Å². The summed E-state index contributed by atoms with van der Waals surface area (Å²) >= 11 is 17.2. The number of H-pyrrole nitrogens is 2. The highest BCUT2D eigenvalue weighted by Crippen LogP contribution is 2.51. The number of esters is 3. The average molecular weight is 1430 g/mol. The van der Waals surface area contributed by atoms with Crippen molar-refractivity contribution in [2.24, 2.45) is 17.6 Å². The first-order valence-corrected chi connectivity index (χ1v) is 34.7. The molecule has 14 nitrogen and oxygen atoms in total. The fourth-order valence-corrected chi connectivity index (χ4v) is 13.6. The van der Waals surface area contributed by atoms with Gasteiger partial charge in [0, 0.05) is 63.2 Å². The second-order valence-corrected chi connectivity index (χ2v) is 25.8. The number of aromatic nitrogens is 2. The van der Waals surface area contributed by atoms with Gasteiger partial charge in [-0.25, -0.2) is 14.4 Å². The van der Waals surface area contributed by atoms with Gasteiger partial charge in [0.25, 0.3) is 5.24 Å². The highest BCUT2D eigenvalue weighted by atomic mass is 35.5. The van der Waals surface area contributed by atoms with Crippen LogP contribution in [0.25, 0.3) is 0 Å². The predicted molar refractivity (Wildman–Crippen MR) is 407 cm³/mol. The Kier molecular flexibility index (Phi) is 27.6. The first-order valence-electron chi connectivity index (χ1n) is 33.5. The van der Waals surface area contributed by atoms with Crippen molar-refractivity contribution in [2.75, 3.05) is 0 Å². The Morgan fingerprint density at radius 2 is 0.816 bits per heavy atom. The summed E-state index contributed by atoms with van der Waals surface area (Å²) in [5, 5.41) is 3.34. The van der Waals surface area contributed by atoms with Gasteiger partial charge < -0.3 is 29.9 Å². The van der Waals surface area contributed by atoms with Crippen LogP contribution in [0, 0.1) is 11.8 Å². The molecule has 4 aliphatic carbocycles. The van der Waals surface area contributed by atoms with Gasteiger partial charge in [0.2, 0.25) is 22.2 Å². The van der Waals surface area contributed by atoms with Crippen LogP contribution in [-0.4, -0.2) is 39.4 Å². The highest BCUT2D eigenvalue weighted by Gasteiger charge is 2.49. The number of allylic oxidation sites excluding steroid dienone is 4. The van der Waals surface area contributed by atoms with Crippen LogP contribution in [0.4, 0.5) is 0 Å². The van der Waals surface area contributed by atoms with Gasteiger partial charge in [0.15, 0.2) is 6.23 Å². The number of hydrogen-bond acceptors (Lipinski definition) is 12. The molecule has 14 rings (SSSR count). The first-order chi connectivity index (χ1) is 49.8. The number of nitrogens with two attached hydrogens (primary N) is 1. The molecular weight excluding hydrogens is 1360 g/mol. The Hall–Kier alpha value is -10.8. The summed E-state index contributed by atoms with van der Waals surface area (Å²) in [7, 11) is 0. The average Bonchev–Trinajstić information content (AvgIpc) is 0.733. The van der Waals surface area contributed by atoms with E-state index in [2.05, 4.69) is 67.3 Å². The molecule has 0 radical (unpaired) electrons. The van der Waals surface area contributed by atoms with Crippen LogP contribution in [0.3, 0.4) is 0 Å². The number of hydrogen-bond donors (Lipinski definition) is 4. The van der Waals surface area contributed by atoms with Gasteiger partial charge in [-0.2, -0.15) is 0 Å². The van der Waals surface area contributed by atoms with Gasteiger partial charge in [-0.1, -0.05) is 265 Å². The number of halogens is 3. The maximum atomic E-state index is 13.1. The van der Waals surface area contributed by atoms with Crippen LogP contribution < -0.4 is 22.2 Å². The number of ether oxygens (including phenoxy) is 3. The molecule has 524 valence electrons. The van der Waals surface area contributed by atoms with E-state index in [9.17, 15) is 33.6 Å². The topological polar surface area (TPSA) is 217 Å². The normalized spacial score (nSPS) is 18.6. The lowest BCUT2D eigenvalue weighted by atomic mass is 9.63. The van der Waals surface area contributed by atoms with Crippen LogP contribution in [0.1, 0.15) is 149 Å². The monoisotopic (exact) mass is 1430 g/mol. The van der Waals surface area contributed by atoms with E-state index in [1.54, 1.807) is 109 Å². The molecule has 0 fully saturated rings. The fourth-order valence-electron chi connectivity index (χ4n) is 13.0. The first kappa shape index (κ1) is 76.3. The molecule has 7 unspecified atom stereocenters. The van der Waals surface area contributed by atoms with Crippen LogP contribution in [0.15, 0.2) is 323 Å². The van der Waals surface area contributed by atoms with Gasteiger partial charge in [-0.05, 0) is 136 Å². The predicted octanol–water partition coefficient (Wildman–Crippen LogP) is 18.3. The van der Waals surface area contributed by atoms with E-state index in [0.29, 0.717) is 34.6 Å². The molecule has 0 saturated heterocycles. The molecule has 0 aliphatic heterocycles. The molecular formula is C86H79Cl3N4O10. The molecule has 0 spiro atoms. The minimum absolute atomic E-state index is 0.0416. The van der Waals surface area contributed by atoms with Crippen molar-refractivity contribution in [1.29, 1.82) is 0 Å². The van der Waals surface area contributed by atoms with Crippen molar-refractivity contribution in [3.05, 3.63) is 401 Å². The number of aldehydes is 1. The number of fused-ring (bicyclic) bond motifs is 8. The lowest BCUT2D eigenvalue weighted by Crippen LogP contribution is -2.53. The minimum atomic E-state index is -0.760. The number of carbonyl (C=O) groups excluding carboxylic acids is 5. The number of nitrogens with one attached hydrogen (secondary N) is 3. The Morgan fingerprint density at radius 1 is 0.466 bits per heavy atom. The van der Waals surface area contributed by atoms with Gasteiger partial charge in [0.05, 0.1) is 27.8 Å². The zero-order chi connectivity index (χ0) is 73.3. The molecule has 0 saturated carbocycles. The fraction of sp³-hybridized carbons (Fsp3) is 0.174. The zero-order valence-corrected chi connectivity index (χ0v) is 59.6. The Bertz CT molecular complexity index is 4640. The number of pyridine rings is 2. The van der Waals surface area contributed by atoms with Crippen LogP contribution >= 0.6 is 34.8 Å². The van der Waals surface area contributed by atoms with Crippen molar-refractivity contribution in [2.45, 2.75) is 81.8 Å². The van der Waals surface area contributed by atoms with E-state index in [4.69, 9.17) is 54.7 Å². The summed E-state index contributed by atoms with van der Waals surface area (Å²) in [6.07, 6.45) is 12.2. The highest BCUT2D eigenvalue weighted by molar-refractivity contribution is 6.67. The maximum absolute atomic E-state index is 13.1. The van der Waals surface area contributed by atoms with Crippen molar-refractivity contribution in [3.8, 4) is 0 Å². The molecule has 7 atom stereocenters. The summed E-state index contributed by atoms with van der Waals surface area (Å²) in [5.41, 5.74) is 18.3. The van der Waals surface area contributed by atoms with Gasteiger partial charge in [0.1, 0.15) is 6.29 Å². The molecule has 103 heavy (non-hydrogen) atoms. The molecule has 4 bridgehead atoms. The molecule has 8 aromatic carbocycles. The van der Waals surface area contributed by atoms with Crippen LogP contribution in [0.2, 0.25) is 0 Å².